The van der Waals surface area contributed by atoms with Gasteiger partial charge in [0, 0.05) is 36.0 Å². The summed E-state index contributed by atoms with van der Waals surface area (Å²) in [5.41, 5.74) is 0.372. The summed E-state index contributed by atoms with van der Waals surface area (Å²) in [6.07, 6.45) is 4.27. The van der Waals surface area contributed by atoms with Crippen LogP contribution in [0.2, 0.25) is 0 Å². The number of carbonyl (C=O) groups excluding carboxylic acids is 1. The van der Waals surface area contributed by atoms with E-state index in [1.54, 1.807) is 41.4 Å². The van der Waals surface area contributed by atoms with Crippen molar-refractivity contribution < 1.29 is 4.79 Å². The maximum atomic E-state index is 12.8. The Morgan fingerprint density at radius 3 is 2.63 bits per heavy atom. The first-order chi connectivity index (χ1) is 13.0. The number of carbonyl (C=O) groups is 1. The van der Waals surface area contributed by atoms with Gasteiger partial charge in [0.25, 0.3) is 11.5 Å². The number of fused-ring (bicyclic) bond motifs is 1. The molecule has 0 bridgehead atoms. The maximum absolute atomic E-state index is 12.8. The molecule has 1 N–H and O–H groups in total. The summed E-state index contributed by atoms with van der Waals surface area (Å²) in [4.78, 5) is 46.4. The lowest BCUT2D eigenvalue weighted by Gasteiger charge is -2.32. The number of benzene rings is 1. The van der Waals surface area contributed by atoms with Crippen molar-refractivity contribution in [2.24, 2.45) is 0 Å². The van der Waals surface area contributed by atoms with Crippen LogP contribution in [0.25, 0.3) is 10.9 Å². The van der Waals surface area contributed by atoms with Gasteiger partial charge in [0.05, 0.1) is 16.5 Å². The van der Waals surface area contributed by atoms with Gasteiger partial charge in [0.1, 0.15) is 0 Å². The van der Waals surface area contributed by atoms with E-state index in [1.165, 1.54) is 10.8 Å². The Kier molecular flexibility index (Phi) is 4.65. The van der Waals surface area contributed by atoms with Crippen LogP contribution in [0.1, 0.15) is 29.2 Å². The van der Waals surface area contributed by atoms with Crippen molar-refractivity contribution in [2.75, 3.05) is 13.1 Å². The number of hydrogen-bond acceptors (Lipinski definition) is 4. The zero-order valence-corrected chi connectivity index (χ0v) is 16.0. The molecule has 0 unspecified atom stereocenters. The van der Waals surface area contributed by atoms with Gasteiger partial charge in [-0.1, -0.05) is 12.1 Å². The zero-order valence-electron chi connectivity index (χ0n) is 14.4. The molecular weight excluding hydrogens is 412 g/mol. The summed E-state index contributed by atoms with van der Waals surface area (Å²) in [5.74, 6) is -0.0954. The highest BCUT2D eigenvalue weighted by Gasteiger charge is 2.27. The number of amides is 1. The van der Waals surface area contributed by atoms with Crippen LogP contribution in [-0.4, -0.2) is 38.4 Å². The number of nitrogens with zero attached hydrogens (tertiary/aromatic N) is 3. The molecule has 138 valence electrons. The third-order valence-corrected chi connectivity index (χ3v) is 5.34. The normalized spacial score (nSPS) is 15.2. The Morgan fingerprint density at radius 1 is 1.15 bits per heavy atom. The summed E-state index contributed by atoms with van der Waals surface area (Å²) in [6.45, 7) is 0.962. The molecule has 8 heteroatoms. The molecule has 0 saturated carbocycles. The van der Waals surface area contributed by atoms with Crippen LogP contribution < -0.4 is 11.2 Å². The molecule has 0 atom stereocenters. The van der Waals surface area contributed by atoms with Gasteiger partial charge >= 0.3 is 5.69 Å². The van der Waals surface area contributed by atoms with E-state index in [9.17, 15) is 14.4 Å². The van der Waals surface area contributed by atoms with Gasteiger partial charge in [-0.3, -0.25) is 19.1 Å². The van der Waals surface area contributed by atoms with E-state index in [0.717, 1.165) is 4.47 Å². The highest BCUT2D eigenvalue weighted by molar-refractivity contribution is 9.10. The van der Waals surface area contributed by atoms with Crippen LogP contribution in [0.3, 0.4) is 0 Å². The highest BCUT2D eigenvalue weighted by Crippen LogP contribution is 2.22. The molecule has 1 aliphatic heterocycles. The minimum absolute atomic E-state index is 0.0954. The predicted molar refractivity (Wildman–Crippen MR) is 105 cm³/mol. The fourth-order valence-electron chi connectivity index (χ4n) is 3.55. The number of halogens is 1. The molecule has 1 saturated heterocycles. The van der Waals surface area contributed by atoms with Crippen molar-refractivity contribution in [3.63, 3.8) is 0 Å². The average Bonchev–Trinajstić information content (AvgIpc) is 2.68. The summed E-state index contributed by atoms with van der Waals surface area (Å²) in [5, 5.41) is 0.496. The summed E-state index contributed by atoms with van der Waals surface area (Å²) >= 11 is 3.32. The van der Waals surface area contributed by atoms with Crippen LogP contribution in [0.5, 0.6) is 0 Å². The van der Waals surface area contributed by atoms with Crippen molar-refractivity contribution in [1.29, 1.82) is 0 Å². The Balaban J connectivity index is 1.56. The first-order valence-electron chi connectivity index (χ1n) is 8.68. The second-order valence-electron chi connectivity index (χ2n) is 6.57. The first kappa shape index (κ1) is 17.7. The predicted octanol–water partition coefficient (Wildman–Crippen LogP) is 2.32. The molecule has 1 fully saturated rings. The van der Waals surface area contributed by atoms with E-state index in [4.69, 9.17) is 0 Å². The fraction of sp³-hybridized carbons (Fsp3) is 0.263. The van der Waals surface area contributed by atoms with Crippen molar-refractivity contribution in [1.82, 2.24) is 19.4 Å². The van der Waals surface area contributed by atoms with E-state index in [-0.39, 0.29) is 17.5 Å². The van der Waals surface area contributed by atoms with Gasteiger partial charge < -0.3 is 9.88 Å². The fourth-order valence-corrected chi connectivity index (χ4v) is 3.91. The Bertz CT molecular complexity index is 1130. The Hall–Kier alpha value is -2.74. The van der Waals surface area contributed by atoms with Crippen molar-refractivity contribution >= 4 is 32.7 Å². The zero-order chi connectivity index (χ0) is 19.0. The minimum atomic E-state index is -0.403. The van der Waals surface area contributed by atoms with Crippen LogP contribution in [0.4, 0.5) is 0 Å². The van der Waals surface area contributed by atoms with Gasteiger partial charge in [0.15, 0.2) is 0 Å². The molecule has 0 radical (unpaired) electrons. The van der Waals surface area contributed by atoms with Crippen LogP contribution in [0, 0.1) is 0 Å². The Morgan fingerprint density at radius 2 is 1.89 bits per heavy atom. The average molecular weight is 429 g/mol. The number of para-hydroxylation sites is 1. The number of likely N-dealkylation sites (tertiary alicyclic amines) is 1. The molecule has 1 aliphatic rings. The van der Waals surface area contributed by atoms with Gasteiger partial charge in [-0.15, -0.1) is 0 Å². The first-order valence-corrected chi connectivity index (χ1v) is 9.47. The topological polar surface area (TPSA) is 88.1 Å². The van der Waals surface area contributed by atoms with Gasteiger partial charge in [-0.05, 0) is 47.0 Å². The number of hydrogen-bond donors (Lipinski definition) is 1. The van der Waals surface area contributed by atoms with E-state index in [0.29, 0.717) is 42.4 Å². The van der Waals surface area contributed by atoms with Crippen molar-refractivity contribution in [3.05, 3.63) is 73.6 Å². The van der Waals surface area contributed by atoms with E-state index in [2.05, 4.69) is 25.9 Å². The minimum Gasteiger partial charge on any atom is -0.338 e. The number of aromatic amines is 1. The molecule has 7 nitrogen and oxygen atoms in total. The highest BCUT2D eigenvalue weighted by atomic mass is 79.9. The second-order valence-corrected chi connectivity index (χ2v) is 7.48. The van der Waals surface area contributed by atoms with E-state index in [1.807, 2.05) is 0 Å². The smallest absolute Gasteiger partial charge is 0.329 e. The largest absolute Gasteiger partial charge is 0.338 e. The van der Waals surface area contributed by atoms with Crippen LogP contribution in [0.15, 0.2) is 56.8 Å². The number of aromatic nitrogens is 3. The standard InChI is InChI=1S/C19H17BrN4O3/c20-13-9-12(10-21-11-13)17(25)23-7-5-14(6-8-23)24-18(26)15-3-1-2-4-16(15)22-19(24)27/h1-4,9-11,14H,5-8H2,(H,22,27). The third kappa shape index (κ3) is 3.32. The third-order valence-electron chi connectivity index (χ3n) is 4.91. The summed E-state index contributed by atoms with van der Waals surface area (Å²) in [7, 11) is 0. The lowest BCUT2D eigenvalue weighted by Crippen LogP contribution is -2.45. The molecule has 3 aromatic rings. The molecule has 3 heterocycles. The number of H-pyrrole nitrogens is 1. The lowest BCUT2D eigenvalue weighted by molar-refractivity contribution is 0.0691. The number of pyridine rings is 1. The molecule has 1 aromatic carbocycles. The number of rotatable bonds is 2. The van der Waals surface area contributed by atoms with Crippen LogP contribution >= 0.6 is 15.9 Å². The maximum Gasteiger partial charge on any atom is 0.329 e. The monoisotopic (exact) mass is 428 g/mol. The summed E-state index contributed by atoms with van der Waals surface area (Å²) < 4.78 is 2.04. The Labute approximate surface area is 162 Å². The van der Waals surface area contributed by atoms with Crippen LogP contribution in [-0.2, 0) is 0 Å². The van der Waals surface area contributed by atoms with E-state index >= 15 is 0 Å². The molecule has 2 aromatic heterocycles. The SMILES string of the molecule is O=C(c1cncc(Br)c1)N1CCC(n2c(=O)[nH]c3ccccc3c2=O)CC1. The number of nitrogens with one attached hydrogen (secondary N) is 1. The lowest BCUT2D eigenvalue weighted by atomic mass is 10.0. The molecule has 0 spiro atoms. The molecule has 4 rings (SSSR count). The van der Waals surface area contributed by atoms with Gasteiger partial charge in [-0.2, -0.15) is 0 Å². The van der Waals surface area contributed by atoms with Crippen molar-refractivity contribution in [2.45, 2.75) is 18.9 Å². The second kappa shape index (κ2) is 7.11. The quantitative estimate of drug-likeness (QED) is 0.678. The number of piperidine rings is 1. The molecular formula is C19H17BrN4O3. The van der Waals surface area contributed by atoms with Crippen molar-refractivity contribution in [3.8, 4) is 0 Å². The molecule has 27 heavy (non-hydrogen) atoms. The molecule has 1 amide bonds. The van der Waals surface area contributed by atoms with E-state index < -0.39 is 5.69 Å². The van der Waals surface area contributed by atoms with Gasteiger partial charge in [-0.25, -0.2) is 4.79 Å². The molecule has 0 aliphatic carbocycles. The van der Waals surface area contributed by atoms with Gasteiger partial charge in [0.2, 0.25) is 0 Å². The summed E-state index contributed by atoms with van der Waals surface area (Å²) in [6, 6.07) is 8.50.